The fourth-order valence-electron chi connectivity index (χ4n) is 3.36. The molecule has 3 N–H and O–H groups in total. The summed E-state index contributed by atoms with van der Waals surface area (Å²) in [6.45, 7) is 6.91. The molecular formula is C16H25BrN2. The van der Waals surface area contributed by atoms with E-state index in [1.807, 2.05) is 0 Å². The molecule has 0 aromatic heterocycles. The SMILES string of the molecule is Cc1cc(Br)ccc1C(NN)C1CCC(C)C(C)C1. The van der Waals surface area contributed by atoms with Crippen molar-refractivity contribution in [2.24, 2.45) is 23.6 Å². The van der Waals surface area contributed by atoms with Gasteiger partial charge in [0.25, 0.3) is 0 Å². The third-order valence-electron chi connectivity index (χ3n) is 4.86. The van der Waals surface area contributed by atoms with Gasteiger partial charge in [-0.3, -0.25) is 11.3 Å². The highest BCUT2D eigenvalue weighted by atomic mass is 79.9. The van der Waals surface area contributed by atoms with Crippen molar-refractivity contribution < 1.29 is 0 Å². The van der Waals surface area contributed by atoms with Crippen LogP contribution in [0.4, 0.5) is 0 Å². The molecular weight excluding hydrogens is 300 g/mol. The molecule has 1 aliphatic rings. The van der Waals surface area contributed by atoms with Gasteiger partial charge in [0.15, 0.2) is 0 Å². The van der Waals surface area contributed by atoms with Crippen LogP contribution in [-0.4, -0.2) is 0 Å². The van der Waals surface area contributed by atoms with E-state index in [1.54, 1.807) is 0 Å². The molecule has 4 atom stereocenters. The van der Waals surface area contributed by atoms with Crippen molar-refractivity contribution in [1.29, 1.82) is 0 Å². The Kier molecular flexibility index (Phi) is 5.04. The van der Waals surface area contributed by atoms with Crippen LogP contribution in [0.3, 0.4) is 0 Å². The predicted molar refractivity (Wildman–Crippen MR) is 84.6 cm³/mol. The van der Waals surface area contributed by atoms with Gasteiger partial charge in [-0.25, -0.2) is 0 Å². The van der Waals surface area contributed by atoms with E-state index in [9.17, 15) is 0 Å². The number of rotatable bonds is 3. The Balaban J connectivity index is 2.20. The predicted octanol–water partition coefficient (Wildman–Crippen LogP) is 4.33. The van der Waals surface area contributed by atoms with E-state index in [1.165, 1.54) is 30.4 Å². The first kappa shape index (κ1) is 15.0. The number of aryl methyl sites for hydroxylation is 1. The van der Waals surface area contributed by atoms with Crippen molar-refractivity contribution in [2.45, 2.75) is 46.1 Å². The van der Waals surface area contributed by atoms with Gasteiger partial charge < -0.3 is 0 Å². The van der Waals surface area contributed by atoms with E-state index in [0.717, 1.165) is 16.3 Å². The average molecular weight is 325 g/mol. The Hall–Kier alpha value is -0.380. The lowest BCUT2D eigenvalue weighted by Crippen LogP contribution is -2.37. The molecule has 1 saturated carbocycles. The Labute approximate surface area is 125 Å². The highest BCUT2D eigenvalue weighted by Gasteiger charge is 2.31. The van der Waals surface area contributed by atoms with E-state index in [-0.39, 0.29) is 6.04 Å². The second-order valence-corrected chi connectivity index (χ2v) is 7.09. The molecule has 0 amide bonds. The average Bonchev–Trinajstić information content (AvgIpc) is 2.37. The highest BCUT2D eigenvalue weighted by Crippen LogP contribution is 2.40. The van der Waals surface area contributed by atoms with Crippen LogP contribution in [0.15, 0.2) is 22.7 Å². The van der Waals surface area contributed by atoms with Gasteiger partial charge in [0, 0.05) is 10.5 Å². The Morgan fingerprint density at radius 1 is 1.26 bits per heavy atom. The minimum atomic E-state index is 0.281. The smallest absolute Gasteiger partial charge is 0.0490 e. The molecule has 1 aromatic rings. The lowest BCUT2D eigenvalue weighted by Gasteiger charge is -2.37. The van der Waals surface area contributed by atoms with Gasteiger partial charge in [0.2, 0.25) is 0 Å². The highest BCUT2D eigenvalue weighted by molar-refractivity contribution is 9.10. The van der Waals surface area contributed by atoms with Crippen LogP contribution in [0.2, 0.25) is 0 Å². The molecule has 2 nitrogen and oxygen atoms in total. The van der Waals surface area contributed by atoms with Gasteiger partial charge in [-0.15, -0.1) is 0 Å². The van der Waals surface area contributed by atoms with Gasteiger partial charge in [-0.2, -0.15) is 0 Å². The summed E-state index contributed by atoms with van der Waals surface area (Å²) in [7, 11) is 0. The fourth-order valence-corrected chi connectivity index (χ4v) is 3.84. The lowest BCUT2D eigenvalue weighted by molar-refractivity contribution is 0.171. The third kappa shape index (κ3) is 3.39. The van der Waals surface area contributed by atoms with Crippen LogP contribution in [0, 0.1) is 24.7 Å². The first-order valence-electron chi connectivity index (χ1n) is 7.25. The summed E-state index contributed by atoms with van der Waals surface area (Å²) in [4.78, 5) is 0. The normalized spacial score (nSPS) is 29.2. The first-order chi connectivity index (χ1) is 9.02. The number of hydrogen-bond acceptors (Lipinski definition) is 2. The summed E-state index contributed by atoms with van der Waals surface area (Å²) >= 11 is 3.53. The Morgan fingerprint density at radius 2 is 2.00 bits per heavy atom. The minimum absolute atomic E-state index is 0.281. The maximum Gasteiger partial charge on any atom is 0.0490 e. The molecule has 1 aromatic carbocycles. The monoisotopic (exact) mass is 324 g/mol. The maximum absolute atomic E-state index is 5.86. The second kappa shape index (κ2) is 6.38. The fraction of sp³-hybridized carbons (Fsp3) is 0.625. The molecule has 0 aliphatic heterocycles. The van der Waals surface area contributed by atoms with E-state index in [4.69, 9.17) is 5.84 Å². The van der Waals surface area contributed by atoms with Crippen molar-refractivity contribution in [3.63, 3.8) is 0 Å². The summed E-state index contributed by atoms with van der Waals surface area (Å²) in [6, 6.07) is 6.77. The third-order valence-corrected chi connectivity index (χ3v) is 5.35. The molecule has 1 aliphatic carbocycles. The zero-order chi connectivity index (χ0) is 14.0. The standard InChI is InChI=1S/C16H25BrN2/c1-10-4-5-13(8-11(10)2)16(19-18)15-7-6-14(17)9-12(15)3/h6-7,9-11,13,16,19H,4-5,8,18H2,1-3H3. The van der Waals surface area contributed by atoms with Gasteiger partial charge in [0.05, 0.1) is 0 Å². The van der Waals surface area contributed by atoms with Crippen LogP contribution in [0.5, 0.6) is 0 Å². The van der Waals surface area contributed by atoms with Crippen LogP contribution in [0.1, 0.15) is 50.3 Å². The summed E-state index contributed by atoms with van der Waals surface area (Å²) < 4.78 is 1.13. The quantitative estimate of drug-likeness (QED) is 0.641. The molecule has 19 heavy (non-hydrogen) atoms. The van der Waals surface area contributed by atoms with Crippen molar-refractivity contribution in [3.05, 3.63) is 33.8 Å². The molecule has 0 spiro atoms. The van der Waals surface area contributed by atoms with Crippen molar-refractivity contribution in [1.82, 2.24) is 5.43 Å². The number of hydrogen-bond donors (Lipinski definition) is 2. The van der Waals surface area contributed by atoms with Crippen molar-refractivity contribution in [3.8, 4) is 0 Å². The molecule has 1 fully saturated rings. The first-order valence-corrected chi connectivity index (χ1v) is 8.04. The molecule has 0 bridgehead atoms. The van der Waals surface area contributed by atoms with Gasteiger partial charge >= 0.3 is 0 Å². The Bertz CT molecular complexity index is 433. The van der Waals surface area contributed by atoms with Gasteiger partial charge in [0.1, 0.15) is 0 Å². The lowest BCUT2D eigenvalue weighted by atomic mass is 9.72. The molecule has 2 rings (SSSR count). The van der Waals surface area contributed by atoms with Crippen molar-refractivity contribution in [2.75, 3.05) is 0 Å². The van der Waals surface area contributed by atoms with E-state index < -0.39 is 0 Å². The van der Waals surface area contributed by atoms with Gasteiger partial charge in [-0.05, 0) is 60.8 Å². The zero-order valence-corrected chi connectivity index (χ0v) is 13.7. The molecule has 0 saturated heterocycles. The second-order valence-electron chi connectivity index (χ2n) is 6.17. The largest absolute Gasteiger partial charge is 0.271 e. The van der Waals surface area contributed by atoms with E-state index in [2.05, 4.69) is 60.3 Å². The molecule has 106 valence electrons. The van der Waals surface area contributed by atoms with Crippen LogP contribution in [0.25, 0.3) is 0 Å². The topological polar surface area (TPSA) is 38.0 Å². The molecule has 0 heterocycles. The van der Waals surface area contributed by atoms with Crippen LogP contribution in [-0.2, 0) is 0 Å². The molecule has 3 heteroatoms. The summed E-state index contributed by atoms with van der Waals surface area (Å²) in [5, 5.41) is 0. The Morgan fingerprint density at radius 3 is 2.58 bits per heavy atom. The number of hydrazine groups is 1. The molecule has 0 radical (unpaired) electrons. The summed E-state index contributed by atoms with van der Waals surface area (Å²) in [6.07, 6.45) is 3.86. The van der Waals surface area contributed by atoms with Crippen LogP contribution < -0.4 is 11.3 Å². The zero-order valence-electron chi connectivity index (χ0n) is 12.1. The summed E-state index contributed by atoms with van der Waals surface area (Å²) in [5.41, 5.74) is 5.72. The maximum atomic E-state index is 5.86. The number of nitrogens with one attached hydrogen (secondary N) is 1. The van der Waals surface area contributed by atoms with E-state index >= 15 is 0 Å². The van der Waals surface area contributed by atoms with Gasteiger partial charge in [-0.1, -0.05) is 42.3 Å². The van der Waals surface area contributed by atoms with Crippen molar-refractivity contribution >= 4 is 15.9 Å². The van der Waals surface area contributed by atoms with Crippen LogP contribution >= 0.6 is 15.9 Å². The summed E-state index contributed by atoms with van der Waals surface area (Å²) in [5.74, 6) is 8.15. The van der Waals surface area contributed by atoms with E-state index in [0.29, 0.717) is 5.92 Å². The number of halogens is 1. The number of benzene rings is 1. The minimum Gasteiger partial charge on any atom is -0.271 e. The number of nitrogens with two attached hydrogens (primary N) is 1. The molecule has 4 unspecified atom stereocenters.